The van der Waals surface area contributed by atoms with Gasteiger partial charge in [0.1, 0.15) is 0 Å². The van der Waals surface area contributed by atoms with Crippen LogP contribution in [0.5, 0.6) is 0 Å². The van der Waals surface area contributed by atoms with Crippen LogP contribution in [0.2, 0.25) is 0 Å². The Morgan fingerprint density at radius 1 is 0.344 bits per heavy atom. The third-order valence-electron chi connectivity index (χ3n) is 15.0. The molecule has 2 saturated carbocycles. The molecule has 2 nitrogen and oxygen atoms in total. The van der Waals surface area contributed by atoms with Crippen molar-refractivity contribution in [2.45, 2.75) is 107 Å². The highest BCUT2D eigenvalue weighted by atomic mass is 15.2. The van der Waals surface area contributed by atoms with E-state index in [-0.39, 0.29) is 5.41 Å². The molecule has 2 fully saturated rings. The topological polar surface area (TPSA) is 6.48 Å². The minimum absolute atomic E-state index is 0.111. The van der Waals surface area contributed by atoms with Gasteiger partial charge in [0.2, 0.25) is 0 Å². The van der Waals surface area contributed by atoms with E-state index in [4.69, 9.17) is 0 Å². The van der Waals surface area contributed by atoms with E-state index in [0.29, 0.717) is 5.92 Å². The molecule has 11 rings (SSSR count). The number of nitrogens with zero attached hydrogens (tertiary/aromatic N) is 2. The average Bonchev–Trinajstić information content (AvgIpc) is 3.92. The Bertz CT molecular complexity index is 2540. The molecule has 0 aliphatic heterocycles. The van der Waals surface area contributed by atoms with Crippen molar-refractivity contribution in [3.8, 4) is 11.1 Å². The first kappa shape index (κ1) is 38.1. The summed E-state index contributed by atoms with van der Waals surface area (Å²) in [4.78, 5) is 5.11. The van der Waals surface area contributed by atoms with Crippen molar-refractivity contribution in [1.29, 1.82) is 0 Å². The lowest BCUT2D eigenvalue weighted by Gasteiger charge is -2.37. The zero-order valence-corrected chi connectivity index (χ0v) is 35.6. The number of fused-ring (bicyclic) bond motifs is 4. The smallest absolute Gasteiger partial charge is 0.0505 e. The normalized spacial score (nSPS) is 18.8. The van der Waals surface area contributed by atoms with E-state index >= 15 is 0 Å². The number of aryl methyl sites for hydroxylation is 2. The van der Waals surface area contributed by atoms with Crippen molar-refractivity contribution >= 4 is 34.1 Å². The molecule has 0 heterocycles. The SMILES string of the molecule is c1ccc(N(c2ccccc2)c2cccc3c2[C@@]2(CC3)CCc3cccc(N(c4ccc(-c5ccc(C6CCCCC6)cc5)cc4)c4ccc(C5CCCCC5)cc4)c32)cc1. The molecule has 0 N–H and O–H groups in total. The lowest BCUT2D eigenvalue weighted by atomic mass is 9.74. The molecule has 0 aromatic heterocycles. The van der Waals surface area contributed by atoms with E-state index in [1.807, 2.05) is 0 Å². The maximum Gasteiger partial charge on any atom is 0.0505 e. The molecule has 7 aromatic rings. The van der Waals surface area contributed by atoms with Gasteiger partial charge in [-0.05, 0) is 168 Å². The number of benzene rings is 7. The van der Waals surface area contributed by atoms with Gasteiger partial charge in [-0.25, -0.2) is 0 Å². The Hall–Kier alpha value is -5.86. The highest BCUT2D eigenvalue weighted by molar-refractivity contribution is 5.86. The zero-order valence-electron chi connectivity index (χ0n) is 35.6. The fourth-order valence-electron chi connectivity index (χ4n) is 12.0. The number of hydrogen-bond acceptors (Lipinski definition) is 2. The van der Waals surface area contributed by atoms with Gasteiger partial charge in [-0.1, -0.05) is 148 Å². The second-order valence-corrected chi connectivity index (χ2v) is 18.5. The lowest BCUT2D eigenvalue weighted by molar-refractivity contribution is 0.443. The van der Waals surface area contributed by atoms with Crippen LogP contribution in [0.25, 0.3) is 11.1 Å². The fraction of sp³-hybridized carbons (Fsp3) is 0.288. The van der Waals surface area contributed by atoms with Gasteiger partial charge in [0, 0.05) is 28.2 Å². The van der Waals surface area contributed by atoms with Crippen LogP contribution in [-0.4, -0.2) is 0 Å². The molecule has 0 saturated heterocycles. The van der Waals surface area contributed by atoms with E-state index in [1.54, 1.807) is 0 Å². The Balaban J connectivity index is 1.03. The standard InChI is InChI=1S/C59H58N2/c1-5-15-43(16-6-1)45-27-29-46(30-28-45)48-33-37-54(38-34-48)61(53-35-31-47(32-36-53)44-17-7-2-8-18-44)56-26-14-20-50-40-42-59(58(50)56)41-39-49-19-13-25-55(57(49)59)60(51-21-9-3-10-22-51)52-23-11-4-12-24-52/h3-4,9-14,19-38,43-44H,1-2,5-8,15-18,39-42H2/t59-/m1/s1. The van der Waals surface area contributed by atoms with Gasteiger partial charge in [0.05, 0.1) is 11.4 Å². The third-order valence-corrected chi connectivity index (χ3v) is 15.0. The largest absolute Gasteiger partial charge is 0.310 e. The molecule has 304 valence electrons. The van der Waals surface area contributed by atoms with Gasteiger partial charge in [-0.2, -0.15) is 0 Å². The van der Waals surface area contributed by atoms with E-state index in [0.717, 1.165) is 31.6 Å². The van der Waals surface area contributed by atoms with Crippen LogP contribution in [0, 0.1) is 0 Å². The van der Waals surface area contributed by atoms with Crippen molar-refractivity contribution in [3.63, 3.8) is 0 Å². The summed E-state index contributed by atoms with van der Waals surface area (Å²) in [6.07, 6.45) is 17.9. The first-order chi connectivity index (χ1) is 30.2. The first-order valence-corrected chi connectivity index (χ1v) is 23.5. The summed E-state index contributed by atoms with van der Waals surface area (Å²) < 4.78 is 0. The van der Waals surface area contributed by atoms with Crippen molar-refractivity contribution < 1.29 is 0 Å². The lowest BCUT2D eigenvalue weighted by Crippen LogP contribution is -2.27. The predicted octanol–water partition coefficient (Wildman–Crippen LogP) is 16.6. The highest BCUT2D eigenvalue weighted by Crippen LogP contribution is 2.60. The molecule has 7 aromatic carbocycles. The summed E-state index contributed by atoms with van der Waals surface area (Å²) in [5.41, 5.74) is 18.9. The van der Waals surface area contributed by atoms with Crippen molar-refractivity contribution in [1.82, 2.24) is 0 Å². The number of anilines is 6. The van der Waals surface area contributed by atoms with Crippen LogP contribution >= 0.6 is 0 Å². The van der Waals surface area contributed by atoms with E-state index < -0.39 is 0 Å². The van der Waals surface area contributed by atoms with Crippen LogP contribution in [0.3, 0.4) is 0 Å². The van der Waals surface area contributed by atoms with E-state index in [2.05, 4.69) is 180 Å². The molecule has 0 unspecified atom stereocenters. The van der Waals surface area contributed by atoms with Crippen molar-refractivity contribution in [2.24, 2.45) is 0 Å². The molecule has 61 heavy (non-hydrogen) atoms. The Labute approximate surface area is 363 Å². The summed E-state index contributed by atoms with van der Waals surface area (Å²) in [7, 11) is 0. The first-order valence-electron chi connectivity index (χ1n) is 23.5. The second-order valence-electron chi connectivity index (χ2n) is 18.5. The molecule has 0 bridgehead atoms. The van der Waals surface area contributed by atoms with E-state index in [9.17, 15) is 0 Å². The molecule has 1 spiro atoms. The average molecular weight is 795 g/mol. The summed E-state index contributed by atoms with van der Waals surface area (Å²) in [5.74, 6) is 1.40. The van der Waals surface area contributed by atoms with Crippen molar-refractivity contribution in [3.05, 3.63) is 203 Å². The molecule has 0 amide bonds. The van der Waals surface area contributed by atoms with Crippen LogP contribution in [0.15, 0.2) is 170 Å². The summed E-state index contributed by atoms with van der Waals surface area (Å²) in [5, 5.41) is 0. The van der Waals surface area contributed by atoms with Crippen LogP contribution in [0.1, 0.15) is 122 Å². The summed E-state index contributed by atoms with van der Waals surface area (Å²) in [6, 6.07) is 64.9. The van der Waals surface area contributed by atoms with Gasteiger partial charge in [-0.3, -0.25) is 0 Å². The number of rotatable bonds is 9. The molecular weight excluding hydrogens is 737 g/mol. The van der Waals surface area contributed by atoms with Gasteiger partial charge >= 0.3 is 0 Å². The van der Waals surface area contributed by atoms with Crippen LogP contribution in [-0.2, 0) is 18.3 Å². The number of hydrogen-bond donors (Lipinski definition) is 0. The van der Waals surface area contributed by atoms with E-state index in [1.165, 1.54) is 143 Å². The molecule has 2 heteroatoms. The third kappa shape index (κ3) is 7.08. The maximum atomic E-state index is 2.60. The molecule has 1 atom stereocenters. The van der Waals surface area contributed by atoms with Gasteiger partial charge in [0.15, 0.2) is 0 Å². The molecule has 4 aliphatic rings. The van der Waals surface area contributed by atoms with Crippen LogP contribution < -0.4 is 9.80 Å². The minimum Gasteiger partial charge on any atom is -0.310 e. The Morgan fingerprint density at radius 3 is 1.16 bits per heavy atom. The zero-order chi connectivity index (χ0) is 40.6. The molecule has 4 aliphatic carbocycles. The maximum absolute atomic E-state index is 2.60. The van der Waals surface area contributed by atoms with Gasteiger partial charge in [-0.15, -0.1) is 0 Å². The quantitative estimate of drug-likeness (QED) is 0.144. The Morgan fingerprint density at radius 2 is 0.721 bits per heavy atom. The summed E-state index contributed by atoms with van der Waals surface area (Å²) in [6.45, 7) is 0. The number of para-hydroxylation sites is 2. The van der Waals surface area contributed by atoms with Gasteiger partial charge < -0.3 is 9.80 Å². The monoisotopic (exact) mass is 794 g/mol. The predicted molar refractivity (Wildman–Crippen MR) is 257 cm³/mol. The molecule has 0 radical (unpaired) electrons. The fourth-order valence-corrected chi connectivity index (χ4v) is 12.0. The highest BCUT2D eigenvalue weighted by Gasteiger charge is 2.49. The van der Waals surface area contributed by atoms with Crippen molar-refractivity contribution in [2.75, 3.05) is 9.80 Å². The van der Waals surface area contributed by atoms with Crippen LogP contribution in [0.4, 0.5) is 34.1 Å². The van der Waals surface area contributed by atoms with Gasteiger partial charge in [0.25, 0.3) is 0 Å². The summed E-state index contributed by atoms with van der Waals surface area (Å²) >= 11 is 0. The Kier molecular flexibility index (Phi) is 10.3. The minimum atomic E-state index is -0.111. The molecular formula is C59H58N2. The second kappa shape index (κ2) is 16.5.